The Morgan fingerprint density at radius 3 is 3.03 bits per heavy atom. The lowest BCUT2D eigenvalue weighted by Crippen LogP contribution is -2.59. The van der Waals surface area contributed by atoms with Crippen molar-refractivity contribution in [1.82, 2.24) is 25.0 Å². The molecule has 0 radical (unpaired) electrons. The smallest absolute Gasteiger partial charge is 0.281 e. The first-order valence-electron chi connectivity index (χ1n) is 12.1. The van der Waals surface area contributed by atoms with Gasteiger partial charge in [-0.2, -0.15) is 0 Å². The minimum absolute atomic E-state index is 0.0190. The second-order valence-corrected chi connectivity index (χ2v) is 10.1. The molecule has 9 heteroatoms. The number of hydrogen-bond acceptors (Lipinski definition) is 6. The molecule has 5 heterocycles. The Kier molecular flexibility index (Phi) is 4.34. The standard InChI is InChI=1S/C25H27N5O4/c1-28-11-14(8-16-15-4-2-5-17-21(15)13(10-26-17)9-19(16)28)22(32)27-23-24(33)30-20(31)12-29-7-3-6-18(29)25(30)34-23/h2,4-5,8,10,14,18-19,23,25-26H,3,6-7,9,11-12H2,1H3,(H,27,32)/t14-,18+,19-,23-,25+/m1/s1. The van der Waals surface area contributed by atoms with Crippen LogP contribution in [0.1, 0.15) is 24.0 Å². The zero-order valence-corrected chi connectivity index (χ0v) is 19.0. The lowest BCUT2D eigenvalue weighted by molar-refractivity contribution is -0.155. The first-order valence-corrected chi connectivity index (χ1v) is 12.1. The Balaban J connectivity index is 1.15. The van der Waals surface area contributed by atoms with Gasteiger partial charge in [0.1, 0.15) is 0 Å². The number of aromatic nitrogens is 1. The molecule has 0 bridgehead atoms. The van der Waals surface area contributed by atoms with Crippen molar-refractivity contribution in [2.45, 2.75) is 43.8 Å². The molecule has 7 rings (SSSR count). The molecule has 3 saturated heterocycles. The number of fused-ring (bicyclic) bond motifs is 5. The maximum absolute atomic E-state index is 13.3. The van der Waals surface area contributed by atoms with Crippen LogP contribution >= 0.6 is 0 Å². The normalized spacial score (nSPS) is 33.0. The van der Waals surface area contributed by atoms with Crippen molar-refractivity contribution in [3.63, 3.8) is 0 Å². The first-order chi connectivity index (χ1) is 16.5. The van der Waals surface area contributed by atoms with Crippen LogP contribution in [0.15, 0.2) is 30.5 Å². The third kappa shape index (κ3) is 2.80. The van der Waals surface area contributed by atoms with Gasteiger partial charge >= 0.3 is 0 Å². The van der Waals surface area contributed by atoms with E-state index in [0.717, 1.165) is 42.5 Å². The quantitative estimate of drug-likeness (QED) is 0.638. The van der Waals surface area contributed by atoms with Crippen molar-refractivity contribution in [2.24, 2.45) is 5.92 Å². The summed E-state index contributed by atoms with van der Waals surface area (Å²) in [5.74, 6) is -1.37. The number of nitrogens with one attached hydrogen (secondary N) is 2. The lowest BCUT2D eigenvalue weighted by Gasteiger charge is -2.39. The highest BCUT2D eigenvalue weighted by atomic mass is 16.6. The van der Waals surface area contributed by atoms with Crippen LogP contribution < -0.4 is 5.32 Å². The number of rotatable bonds is 2. The lowest BCUT2D eigenvalue weighted by atomic mass is 9.80. The predicted octanol–water partition coefficient (Wildman–Crippen LogP) is 0.669. The van der Waals surface area contributed by atoms with E-state index in [1.165, 1.54) is 15.8 Å². The zero-order valence-electron chi connectivity index (χ0n) is 19.0. The van der Waals surface area contributed by atoms with Gasteiger partial charge in [0.15, 0.2) is 6.23 Å². The minimum atomic E-state index is -1.12. The molecule has 0 spiro atoms. The average Bonchev–Trinajstić information content (AvgIpc) is 3.53. The van der Waals surface area contributed by atoms with E-state index in [4.69, 9.17) is 4.74 Å². The van der Waals surface area contributed by atoms with Crippen molar-refractivity contribution in [1.29, 1.82) is 0 Å². The Hall–Kier alpha value is -3.01. The Morgan fingerprint density at radius 2 is 2.15 bits per heavy atom. The number of amides is 3. The van der Waals surface area contributed by atoms with E-state index in [9.17, 15) is 14.4 Å². The van der Waals surface area contributed by atoms with Crippen LogP contribution in [0, 0.1) is 5.92 Å². The molecule has 176 valence electrons. The van der Waals surface area contributed by atoms with Crippen LogP contribution in [0.5, 0.6) is 0 Å². The molecule has 2 aromatic rings. The summed E-state index contributed by atoms with van der Waals surface area (Å²) < 4.78 is 5.98. The Labute approximate surface area is 196 Å². The van der Waals surface area contributed by atoms with Crippen molar-refractivity contribution in [3.8, 4) is 0 Å². The van der Waals surface area contributed by atoms with E-state index < -0.39 is 24.3 Å². The van der Waals surface area contributed by atoms with E-state index in [2.05, 4.69) is 44.5 Å². The van der Waals surface area contributed by atoms with Crippen LogP contribution in [0.25, 0.3) is 16.5 Å². The number of nitrogens with zero attached hydrogens (tertiary/aromatic N) is 3. The molecule has 1 aromatic heterocycles. The van der Waals surface area contributed by atoms with Crippen LogP contribution in [-0.4, -0.2) is 88.6 Å². The third-order valence-corrected chi connectivity index (χ3v) is 8.22. The van der Waals surface area contributed by atoms with Crippen LogP contribution in [-0.2, 0) is 25.5 Å². The van der Waals surface area contributed by atoms with Gasteiger partial charge in [-0.3, -0.25) is 24.2 Å². The van der Waals surface area contributed by atoms with Gasteiger partial charge in [0, 0.05) is 29.7 Å². The van der Waals surface area contributed by atoms with E-state index in [1.807, 2.05) is 13.1 Å². The molecule has 3 fully saturated rings. The number of ether oxygens (including phenoxy) is 1. The molecule has 34 heavy (non-hydrogen) atoms. The average molecular weight is 462 g/mol. The molecule has 4 aliphatic heterocycles. The fraction of sp³-hybridized carbons (Fsp3) is 0.480. The molecular formula is C25H27N5O4. The van der Waals surface area contributed by atoms with Crippen molar-refractivity contribution in [2.75, 3.05) is 26.7 Å². The first kappa shape index (κ1) is 20.4. The summed E-state index contributed by atoms with van der Waals surface area (Å²) in [6.45, 7) is 1.64. The third-order valence-electron chi connectivity index (χ3n) is 8.22. The molecule has 5 aliphatic rings. The number of H-pyrrole nitrogens is 1. The molecule has 0 saturated carbocycles. The molecule has 9 nitrogen and oxygen atoms in total. The Bertz CT molecular complexity index is 1270. The second-order valence-electron chi connectivity index (χ2n) is 10.1. The van der Waals surface area contributed by atoms with Gasteiger partial charge in [0.05, 0.1) is 18.5 Å². The van der Waals surface area contributed by atoms with Gasteiger partial charge in [-0.15, -0.1) is 0 Å². The Morgan fingerprint density at radius 1 is 1.26 bits per heavy atom. The summed E-state index contributed by atoms with van der Waals surface area (Å²) in [6, 6.07) is 6.46. The topological polar surface area (TPSA) is 98.0 Å². The SMILES string of the molecule is CN1C[C@H](C(=O)N[C@@H]2O[C@H]3[C@@H]4CCCN4CC(=O)N3C2=O)C=C2c3cccc4[nH]cc(c34)C[C@H]21. The van der Waals surface area contributed by atoms with Gasteiger partial charge in [-0.1, -0.05) is 18.2 Å². The second kappa shape index (κ2) is 7.24. The maximum atomic E-state index is 13.3. The number of imide groups is 1. The minimum Gasteiger partial charge on any atom is -0.361 e. The van der Waals surface area contributed by atoms with E-state index in [-0.39, 0.29) is 30.4 Å². The summed E-state index contributed by atoms with van der Waals surface area (Å²) in [5.41, 5.74) is 4.72. The number of aromatic amines is 1. The number of hydrogen-bond donors (Lipinski definition) is 2. The molecule has 0 unspecified atom stereocenters. The fourth-order valence-corrected chi connectivity index (χ4v) is 6.61. The summed E-state index contributed by atoms with van der Waals surface area (Å²) in [5, 5.41) is 4.04. The van der Waals surface area contributed by atoms with E-state index >= 15 is 0 Å². The molecule has 2 N–H and O–H groups in total. The highest BCUT2D eigenvalue weighted by Gasteiger charge is 2.54. The number of carbonyl (C=O) groups excluding carboxylic acids is 3. The van der Waals surface area contributed by atoms with Gasteiger partial charge in [0.2, 0.25) is 18.0 Å². The van der Waals surface area contributed by atoms with Crippen LogP contribution in [0.4, 0.5) is 0 Å². The summed E-state index contributed by atoms with van der Waals surface area (Å²) in [7, 11) is 2.04. The number of piperazine rings is 1. The van der Waals surface area contributed by atoms with Crippen molar-refractivity contribution < 1.29 is 19.1 Å². The summed E-state index contributed by atoms with van der Waals surface area (Å²) in [6.07, 6.45) is 5.18. The van der Waals surface area contributed by atoms with Gasteiger partial charge in [-0.05, 0) is 55.6 Å². The fourth-order valence-electron chi connectivity index (χ4n) is 6.61. The zero-order chi connectivity index (χ0) is 23.1. The molecule has 3 amide bonds. The monoisotopic (exact) mass is 461 g/mol. The van der Waals surface area contributed by atoms with Crippen molar-refractivity contribution >= 4 is 34.2 Å². The molecule has 1 aromatic carbocycles. The summed E-state index contributed by atoms with van der Waals surface area (Å²) >= 11 is 0. The van der Waals surface area contributed by atoms with Gasteiger partial charge < -0.3 is 15.0 Å². The van der Waals surface area contributed by atoms with E-state index in [1.54, 1.807) is 0 Å². The highest BCUT2D eigenvalue weighted by molar-refractivity contribution is 6.02. The molecule has 5 atom stereocenters. The van der Waals surface area contributed by atoms with E-state index in [0.29, 0.717) is 6.54 Å². The van der Waals surface area contributed by atoms with Crippen molar-refractivity contribution in [3.05, 3.63) is 41.6 Å². The predicted molar refractivity (Wildman–Crippen MR) is 123 cm³/mol. The highest BCUT2D eigenvalue weighted by Crippen LogP contribution is 2.41. The van der Waals surface area contributed by atoms with Crippen LogP contribution in [0.2, 0.25) is 0 Å². The van der Waals surface area contributed by atoms with Crippen LogP contribution in [0.3, 0.4) is 0 Å². The van der Waals surface area contributed by atoms with Gasteiger partial charge in [0.25, 0.3) is 5.91 Å². The van der Waals surface area contributed by atoms with Gasteiger partial charge in [-0.25, -0.2) is 4.90 Å². The number of carbonyl (C=O) groups is 3. The molecular weight excluding hydrogens is 434 g/mol. The molecule has 1 aliphatic carbocycles. The summed E-state index contributed by atoms with van der Waals surface area (Å²) in [4.78, 5) is 47.8. The largest absolute Gasteiger partial charge is 0.361 e. The maximum Gasteiger partial charge on any atom is 0.281 e. The number of likely N-dealkylation sites (N-methyl/N-ethyl adjacent to an activating group) is 1. The number of benzene rings is 1.